The Bertz CT molecular complexity index is 740. The summed E-state index contributed by atoms with van der Waals surface area (Å²) in [6.45, 7) is 0. The average Bonchev–Trinajstić information content (AvgIpc) is 2.54. The molecule has 0 aliphatic heterocycles. The van der Waals surface area contributed by atoms with Crippen LogP contribution in [0.25, 0.3) is 22.0 Å². The van der Waals surface area contributed by atoms with Gasteiger partial charge < -0.3 is 10.2 Å². The molecule has 3 aromatic rings. The van der Waals surface area contributed by atoms with E-state index in [1.165, 1.54) is 0 Å². The summed E-state index contributed by atoms with van der Waals surface area (Å²) in [5.74, 6) is 6.85. The lowest BCUT2D eigenvalue weighted by Crippen LogP contribution is -2.10. The molecule has 0 spiro atoms. The fourth-order valence-electron chi connectivity index (χ4n) is 2.17. The molecule has 0 aliphatic carbocycles. The van der Waals surface area contributed by atoms with Gasteiger partial charge in [-0.2, -0.15) is 0 Å². The highest BCUT2D eigenvalue weighted by Crippen LogP contribution is 2.30. The SMILES string of the molecule is COc1ccc(-c2nnc(NN)c3ccccc23)cc1. The molecule has 1 heterocycles. The molecule has 100 valence electrons. The van der Waals surface area contributed by atoms with Crippen molar-refractivity contribution in [3.05, 3.63) is 48.5 Å². The third kappa shape index (κ3) is 2.04. The Hall–Kier alpha value is -2.66. The summed E-state index contributed by atoms with van der Waals surface area (Å²) in [6, 6.07) is 15.6. The van der Waals surface area contributed by atoms with Gasteiger partial charge in [0, 0.05) is 16.3 Å². The van der Waals surface area contributed by atoms with Crippen molar-refractivity contribution in [2.75, 3.05) is 12.5 Å². The predicted molar refractivity (Wildman–Crippen MR) is 79.3 cm³/mol. The van der Waals surface area contributed by atoms with Crippen LogP contribution in [0.15, 0.2) is 48.5 Å². The number of nitrogens with zero attached hydrogens (tertiary/aromatic N) is 2. The Morgan fingerprint density at radius 1 is 0.950 bits per heavy atom. The first kappa shape index (κ1) is 12.4. The number of hydrazine groups is 1. The summed E-state index contributed by atoms with van der Waals surface area (Å²) in [6.07, 6.45) is 0. The van der Waals surface area contributed by atoms with E-state index in [4.69, 9.17) is 10.6 Å². The van der Waals surface area contributed by atoms with Crippen molar-refractivity contribution in [2.45, 2.75) is 0 Å². The number of anilines is 1. The van der Waals surface area contributed by atoms with Gasteiger partial charge in [-0.15, -0.1) is 10.2 Å². The molecule has 1 aromatic heterocycles. The zero-order valence-electron chi connectivity index (χ0n) is 11.0. The average molecular weight is 266 g/mol. The fraction of sp³-hybridized carbons (Fsp3) is 0.0667. The number of nitrogens with one attached hydrogen (secondary N) is 1. The molecule has 0 aliphatic rings. The molecule has 0 fully saturated rings. The van der Waals surface area contributed by atoms with E-state index in [1.54, 1.807) is 7.11 Å². The van der Waals surface area contributed by atoms with Crippen LogP contribution in [0.5, 0.6) is 5.75 Å². The lowest BCUT2D eigenvalue weighted by Gasteiger charge is -2.09. The van der Waals surface area contributed by atoms with Crippen molar-refractivity contribution in [2.24, 2.45) is 5.84 Å². The molecule has 0 atom stereocenters. The molecule has 20 heavy (non-hydrogen) atoms. The lowest BCUT2D eigenvalue weighted by atomic mass is 10.0. The number of benzene rings is 2. The van der Waals surface area contributed by atoms with Crippen LogP contribution >= 0.6 is 0 Å². The van der Waals surface area contributed by atoms with Crippen molar-refractivity contribution in [3.8, 4) is 17.0 Å². The number of rotatable bonds is 3. The van der Waals surface area contributed by atoms with E-state index in [2.05, 4.69) is 15.6 Å². The molecule has 0 unspecified atom stereocenters. The molecule has 5 heteroatoms. The monoisotopic (exact) mass is 266 g/mol. The van der Waals surface area contributed by atoms with Crippen molar-refractivity contribution < 1.29 is 4.74 Å². The van der Waals surface area contributed by atoms with Crippen LogP contribution in [0.4, 0.5) is 5.82 Å². The van der Waals surface area contributed by atoms with E-state index in [9.17, 15) is 0 Å². The lowest BCUT2D eigenvalue weighted by molar-refractivity contribution is 0.415. The van der Waals surface area contributed by atoms with E-state index in [0.29, 0.717) is 5.82 Å². The van der Waals surface area contributed by atoms with Crippen molar-refractivity contribution in [1.82, 2.24) is 10.2 Å². The Morgan fingerprint density at radius 3 is 2.30 bits per heavy atom. The zero-order chi connectivity index (χ0) is 13.9. The van der Waals surface area contributed by atoms with Crippen molar-refractivity contribution in [3.63, 3.8) is 0 Å². The third-order valence-corrected chi connectivity index (χ3v) is 3.19. The van der Waals surface area contributed by atoms with Gasteiger partial charge in [0.15, 0.2) is 5.82 Å². The molecule has 2 aromatic carbocycles. The number of hydrogen-bond donors (Lipinski definition) is 2. The van der Waals surface area contributed by atoms with Crippen molar-refractivity contribution >= 4 is 16.6 Å². The van der Waals surface area contributed by atoms with Gasteiger partial charge in [-0.05, 0) is 24.3 Å². The highest BCUT2D eigenvalue weighted by molar-refractivity contribution is 5.99. The standard InChI is InChI=1S/C15H14N4O/c1-20-11-8-6-10(7-9-11)14-12-4-2-3-5-13(12)15(17-16)19-18-14/h2-9H,16H2,1H3,(H,17,19). The molecule has 0 bridgehead atoms. The van der Waals surface area contributed by atoms with Gasteiger partial charge in [0.2, 0.25) is 0 Å². The highest BCUT2D eigenvalue weighted by Gasteiger charge is 2.09. The van der Waals surface area contributed by atoms with Crippen LogP contribution < -0.4 is 16.0 Å². The number of nitrogens with two attached hydrogens (primary N) is 1. The number of nitrogen functional groups attached to an aromatic ring is 1. The maximum Gasteiger partial charge on any atom is 0.170 e. The minimum atomic E-state index is 0.567. The number of fused-ring (bicyclic) bond motifs is 1. The number of hydrogen-bond acceptors (Lipinski definition) is 5. The minimum absolute atomic E-state index is 0.567. The number of ether oxygens (including phenoxy) is 1. The largest absolute Gasteiger partial charge is 0.497 e. The molecule has 0 saturated carbocycles. The third-order valence-electron chi connectivity index (χ3n) is 3.19. The van der Waals surface area contributed by atoms with Crippen LogP contribution in [-0.2, 0) is 0 Å². The summed E-state index contributed by atoms with van der Waals surface area (Å²) in [7, 11) is 1.64. The second-order valence-electron chi connectivity index (χ2n) is 4.32. The van der Waals surface area contributed by atoms with Crippen LogP contribution in [0.3, 0.4) is 0 Å². The molecule has 3 N–H and O–H groups in total. The second-order valence-corrected chi connectivity index (χ2v) is 4.32. The van der Waals surface area contributed by atoms with Crippen LogP contribution in [-0.4, -0.2) is 17.3 Å². The van der Waals surface area contributed by atoms with Gasteiger partial charge in [-0.3, -0.25) is 0 Å². The quantitative estimate of drug-likeness (QED) is 0.563. The maximum atomic E-state index is 5.47. The molecule has 3 rings (SSSR count). The van der Waals surface area contributed by atoms with Gasteiger partial charge >= 0.3 is 0 Å². The van der Waals surface area contributed by atoms with E-state index in [-0.39, 0.29) is 0 Å². The number of methoxy groups -OCH3 is 1. The fourth-order valence-corrected chi connectivity index (χ4v) is 2.17. The molecular formula is C15H14N4O. The van der Waals surface area contributed by atoms with E-state index in [1.807, 2.05) is 48.5 Å². The molecule has 0 radical (unpaired) electrons. The molecular weight excluding hydrogens is 252 g/mol. The number of aromatic nitrogens is 2. The summed E-state index contributed by atoms with van der Waals surface area (Å²) < 4.78 is 5.17. The van der Waals surface area contributed by atoms with E-state index in [0.717, 1.165) is 27.8 Å². The summed E-state index contributed by atoms with van der Waals surface area (Å²) in [5, 5.41) is 10.3. The van der Waals surface area contributed by atoms with Gasteiger partial charge in [-0.25, -0.2) is 5.84 Å². The first-order valence-electron chi connectivity index (χ1n) is 6.20. The van der Waals surface area contributed by atoms with E-state index >= 15 is 0 Å². The Kier molecular flexibility index (Phi) is 3.18. The normalized spacial score (nSPS) is 10.5. The molecule has 5 nitrogen and oxygen atoms in total. The van der Waals surface area contributed by atoms with Gasteiger partial charge in [0.1, 0.15) is 11.4 Å². The van der Waals surface area contributed by atoms with Gasteiger partial charge in [-0.1, -0.05) is 24.3 Å². The topological polar surface area (TPSA) is 73.1 Å². The first-order valence-corrected chi connectivity index (χ1v) is 6.20. The molecule has 0 amide bonds. The van der Waals surface area contributed by atoms with Crippen LogP contribution in [0.2, 0.25) is 0 Å². The first-order chi connectivity index (χ1) is 9.83. The summed E-state index contributed by atoms with van der Waals surface area (Å²) in [5.41, 5.74) is 4.38. The molecule has 0 saturated heterocycles. The predicted octanol–water partition coefficient (Wildman–Crippen LogP) is 2.59. The highest BCUT2D eigenvalue weighted by atomic mass is 16.5. The zero-order valence-corrected chi connectivity index (χ0v) is 11.0. The van der Waals surface area contributed by atoms with Crippen LogP contribution in [0.1, 0.15) is 0 Å². The second kappa shape index (κ2) is 5.14. The van der Waals surface area contributed by atoms with Crippen LogP contribution in [0, 0.1) is 0 Å². The maximum absolute atomic E-state index is 5.47. The van der Waals surface area contributed by atoms with Gasteiger partial charge in [0.25, 0.3) is 0 Å². The van der Waals surface area contributed by atoms with E-state index < -0.39 is 0 Å². The minimum Gasteiger partial charge on any atom is -0.497 e. The Morgan fingerprint density at radius 2 is 1.65 bits per heavy atom. The smallest absolute Gasteiger partial charge is 0.170 e. The summed E-state index contributed by atoms with van der Waals surface area (Å²) >= 11 is 0. The Balaban J connectivity index is 2.20. The Labute approximate surface area is 116 Å². The van der Waals surface area contributed by atoms with Gasteiger partial charge in [0.05, 0.1) is 7.11 Å². The van der Waals surface area contributed by atoms with Crippen molar-refractivity contribution in [1.29, 1.82) is 0 Å². The summed E-state index contributed by atoms with van der Waals surface area (Å²) in [4.78, 5) is 0.